The lowest BCUT2D eigenvalue weighted by Crippen LogP contribution is -2.35. The van der Waals surface area contributed by atoms with E-state index in [-0.39, 0.29) is 0 Å². The van der Waals surface area contributed by atoms with Crippen molar-refractivity contribution in [3.05, 3.63) is 65.2 Å². The average Bonchev–Trinajstić information content (AvgIpc) is 2.83. The molecule has 0 atom stereocenters. The van der Waals surface area contributed by atoms with Gasteiger partial charge in [-0.05, 0) is 56.5 Å². The Bertz CT molecular complexity index is 1220. The zero-order valence-electron chi connectivity index (χ0n) is 20.6. The Balaban J connectivity index is 1.52. The third-order valence-corrected chi connectivity index (χ3v) is 5.85. The fraction of sp³-hybridized carbons (Fsp3) is 0.393. The fourth-order valence-electron chi connectivity index (χ4n) is 4.11. The number of hydrogen-bond donors (Lipinski definition) is 1. The van der Waals surface area contributed by atoms with Crippen LogP contribution in [0.3, 0.4) is 0 Å². The standard InChI is InChI=1S/C28H32N4O3/c1-28(2,3)35-27(33)30-11-10-20-4-7-22(8-5-20)25-17-23(19-32-12-14-34-15-13-32)24-9-6-21(18-29)16-26(24)31-25/h4-9,16-17H,10-15,19H2,1-3H3,(H,30,33). The van der Waals surface area contributed by atoms with Gasteiger partial charge >= 0.3 is 6.09 Å². The zero-order chi connectivity index (χ0) is 24.8. The molecule has 1 aliphatic rings. The van der Waals surface area contributed by atoms with E-state index in [0.717, 1.165) is 60.6 Å². The van der Waals surface area contributed by atoms with Gasteiger partial charge in [-0.15, -0.1) is 0 Å². The summed E-state index contributed by atoms with van der Waals surface area (Å²) in [6, 6.07) is 18.3. The molecular weight excluding hydrogens is 440 g/mol. The number of nitrogens with zero attached hydrogens (tertiary/aromatic N) is 3. The van der Waals surface area contributed by atoms with E-state index >= 15 is 0 Å². The maximum atomic E-state index is 11.8. The molecule has 35 heavy (non-hydrogen) atoms. The summed E-state index contributed by atoms with van der Waals surface area (Å²) >= 11 is 0. The summed E-state index contributed by atoms with van der Waals surface area (Å²) in [4.78, 5) is 19.1. The molecule has 7 heteroatoms. The Morgan fingerprint density at radius 1 is 1.14 bits per heavy atom. The number of aromatic nitrogens is 1. The average molecular weight is 473 g/mol. The van der Waals surface area contributed by atoms with Gasteiger partial charge in [0.2, 0.25) is 0 Å². The topological polar surface area (TPSA) is 87.5 Å². The summed E-state index contributed by atoms with van der Waals surface area (Å²) in [5.41, 5.74) is 5.14. The Morgan fingerprint density at radius 3 is 2.57 bits per heavy atom. The van der Waals surface area contributed by atoms with Crippen molar-refractivity contribution in [3.63, 3.8) is 0 Å². The van der Waals surface area contributed by atoms with Gasteiger partial charge in [-0.1, -0.05) is 30.3 Å². The zero-order valence-corrected chi connectivity index (χ0v) is 20.6. The third-order valence-electron chi connectivity index (χ3n) is 5.85. The van der Waals surface area contributed by atoms with Crippen LogP contribution in [-0.4, -0.2) is 54.4 Å². The predicted octanol–water partition coefficient (Wildman–Crippen LogP) is 4.67. The molecular formula is C28H32N4O3. The van der Waals surface area contributed by atoms with Gasteiger partial charge in [0.15, 0.2) is 0 Å². The second-order valence-electron chi connectivity index (χ2n) is 9.77. The summed E-state index contributed by atoms with van der Waals surface area (Å²) in [6.07, 6.45) is 0.303. The molecule has 0 saturated carbocycles. The van der Waals surface area contributed by atoms with Crippen LogP contribution in [0.15, 0.2) is 48.5 Å². The first-order valence-corrected chi connectivity index (χ1v) is 12.0. The largest absolute Gasteiger partial charge is 0.444 e. The molecule has 2 aromatic carbocycles. The molecule has 1 fully saturated rings. The van der Waals surface area contributed by atoms with Crippen molar-refractivity contribution in [2.24, 2.45) is 0 Å². The van der Waals surface area contributed by atoms with Crippen LogP contribution in [0.5, 0.6) is 0 Å². The first-order valence-electron chi connectivity index (χ1n) is 12.0. The van der Waals surface area contributed by atoms with Crippen molar-refractivity contribution < 1.29 is 14.3 Å². The monoisotopic (exact) mass is 472 g/mol. The van der Waals surface area contributed by atoms with E-state index in [4.69, 9.17) is 14.5 Å². The summed E-state index contributed by atoms with van der Waals surface area (Å²) < 4.78 is 10.8. The number of pyridine rings is 1. The molecule has 0 unspecified atom stereocenters. The minimum absolute atomic E-state index is 0.404. The van der Waals surface area contributed by atoms with Crippen LogP contribution < -0.4 is 5.32 Å². The van der Waals surface area contributed by atoms with Crippen molar-refractivity contribution in [1.82, 2.24) is 15.2 Å². The molecule has 1 N–H and O–H groups in total. The SMILES string of the molecule is CC(C)(C)OC(=O)NCCc1ccc(-c2cc(CN3CCOCC3)c3ccc(C#N)cc3n2)cc1. The second kappa shape index (κ2) is 10.9. The summed E-state index contributed by atoms with van der Waals surface area (Å²) in [6.45, 7) is 10.2. The first-order chi connectivity index (χ1) is 16.8. The fourth-order valence-corrected chi connectivity index (χ4v) is 4.11. The lowest BCUT2D eigenvalue weighted by Gasteiger charge is -2.27. The molecule has 1 saturated heterocycles. The van der Waals surface area contributed by atoms with Crippen molar-refractivity contribution in [1.29, 1.82) is 5.26 Å². The molecule has 3 aromatic rings. The normalized spacial score (nSPS) is 14.5. The molecule has 0 spiro atoms. The number of ether oxygens (including phenoxy) is 2. The number of hydrogen-bond acceptors (Lipinski definition) is 6. The number of carbonyl (C=O) groups is 1. The van der Waals surface area contributed by atoms with Gasteiger partial charge in [-0.3, -0.25) is 4.90 Å². The molecule has 7 nitrogen and oxygen atoms in total. The van der Waals surface area contributed by atoms with E-state index < -0.39 is 11.7 Å². The van der Waals surface area contributed by atoms with Crippen LogP contribution in [0.4, 0.5) is 4.79 Å². The number of alkyl carbamates (subject to hydrolysis) is 1. The quantitative estimate of drug-likeness (QED) is 0.561. The van der Waals surface area contributed by atoms with Crippen LogP contribution in [-0.2, 0) is 22.4 Å². The van der Waals surface area contributed by atoms with Gasteiger partial charge in [0.1, 0.15) is 5.60 Å². The van der Waals surface area contributed by atoms with Crippen LogP contribution >= 0.6 is 0 Å². The first kappa shape index (κ1) is 24.6. The Hall–Kier alpha value is -3.47. The van der Waals surface area contributed by atoms with Gasteiger partial charge in [0, 0.05) is 37.1 Å². The van der Waals surface area contributed by atoms with Crippen molar-refractivity contribution in [2.45, 2.75) is 39.3 Å². The third kappa shape index (κ3) is 6.78. The van der Waals surface area contributed by atoms with Crippen LogP contribution in [0.1, 0.15) is 37.5 Å². The highest BCUT2D eigenvalue weighted by atomic mass is 16.6. The number of morpholine rings is 1. The number of nitrogens with one attached hydrogen (secondary N) is 1. The highest BCUT2D eigenvalue weighted by Crippen LogP contribution is 2.27. The molecule has 0 bridgehead atoms. The molecule has 182 valence electrons. The summed E-state index contributed by atoms with van der Waals surface area (Å²) in [5.74, 6) is 0. The van der Waals surface area contributed by atoms with Gasteiger partial charge in [-0.2, -0.15) is 5.26 Å². The maximum absolute atomic E-state index is 11.8. The Morgan fingerprint density at radius 2 is 1.89 bits per heavy atom. The lowest BCUT2D eigenvalue weighted by atomic mass is 10.0. The number of rotatable bonds is 6. The summed E-state index contributed by atoms with van der Waals surface area (Å²) in [7, 11) is 0. The number of fused-ring (bicyclic) bond motifs is 1. The molecule has 1 aliphatic heterocycles. The predicted molar refractivity (Wildman–Crippen MR) is 136 cm³/mol. The maximum Gasteiger partial charge on any atom is 0.407 e. The van der Waals surface area contributed by atoms with Crippen LogP contribution in [0.2, 0.25) is 0 Å². The highest BCUT2D eigenvalue weighted by Gasteiger charge is 2.16. The Kier molecular flexibility index (Phi) is 7.64. The number of benzene rings is 2. The van der Waals surface area contributed by atoms with E-state index in [1.165, 1.54) is 5.56 Å². The van der Waals surface area contributed by atoms with Gasteiger partial charge in [-0.25, -0.2) is 9.78 Å². The molecule has 2 heterocycles. The van der Waals surface area contributed by atoms with Crippen molar-refractivity contribution >= 4 is 17.0 Å². The molecule has 0 aliphatic carbocycles. The molecule has 4 rings (SSSR count). The van der Waals surface area contributed by atoms with Crippen LogP contribution in [0, 0.1) is 11.3 Å². The minimum Gasteiger partial charge on any atom is -0.444 e. The summed E-state index contributed by atoms with van der Waals surface area (Å²) in [5, 5.41) is 13.2. The minimum atomic E-state index is -0.507. The van der Waals surface area contributed by atoms with Gasteiger partial charge < -0.3 is 14.8 Å². The van der Waals surface area contributed by atoms with E-state index in [2.05, 4.69) is 46.6 Å². The smallest absolute Gasteiger partial charge is 0.407 e. The number of carbonyl (C=O) groups excluding carboxylic acids is 1. The number of amides is 1. The lowest BCUT2D eigenvalue weighted by molar-refractivity contribution is 0.0343. The van der Waals surface area contributed by atoms with Gasteiger partial charge in [0.25, 0.3) is 0 Å². The molecule has 1 amide bonds. The second-order valence-corrected chi connectivity index (χ2v) is 9.77. The van der Waals surface area contributed by atoms with E-state index in [1.807, 2.05) is 39.0 Å². The van der Waals surface area contributed by atoms with Gasteiger partial charge in [0.05, 0.1) is 36.1 Å². The van der Waals surface area contributed by atoms with E-state index in [0.29, 0.717) is 18.5 Å². The Labute approximate surface area is 206 Å². The highest BCUT2D eigenvalue weighted by molar-refractivity contribution is 5.86. The van der Waals surface area contributed by atoms with Crippen molar-refractivity contribution in [2.75, 3.05) is 32.8 Å². The van der Waals surface area contributed by atoms with E-state index in [1.54, 1.807) is 0 Å². The van der Waals surface area contributed by atoms with Crippen molar-refractivity contribution in [3.8, 4) is 17.3 Å². The van der Waals surface area contributed by atoms with Crippen LogP contribution in [0.25, 0.3) is 22.2 Å². The molecule has 0 radical (unpaired) electrons. The van der Waals surface area contributed by atoms with E-state index in [9.17, 15) is 10.1 Å². The molecule has 1 aromatic heterocycles. The number of nitriles is 1.